The molecule has 1 fully saturated rings. The topological polar surface area (TPSA) is 66.0 Å². The summed E-state index contributed by atoms with van der Waals surface area (Å²) in [5, 5.41) is 8.36. The molecule has 1 aliphatic rings. The van der Waals surface area contributed by atoms with Crippen LogP contribution in [0.4, 0.5) is 0 Å². The molecule has 0 atom stereocenters. The predicted octanol–water partition coefficient (Wildman–Crippen LogP) is 0.513. The second-order valence-corrected chi connectivity index (χ2v) is 4.61. The first kappa shape index (κ1) is 11.5. The maximum absolute atomic E-state index is 5.78. The van der Waals surface area contributed by atoms with E-state index in [1.54, 1.807) is 7.11 Å². The summed E-state index contributed by atoms with van der Waals surface area (Å²) >= 11 is 0. The molecule has 0 bridgehead atoms. The lowest BCUT2D eigenvalue weighted by atomic mass is 9.78. The van der Waals surface area contributed by atoms with E-state index in [0.29, 0.717) is 18.6 Å². The largest absolute Gasteiger partial charge is 0.383 e. The van der Waals surface area contributed by atoms with Gasteiger partial charge in [0.2, 0.25) is 0 Å². The van der Waals surface area contributed by atoms with Crippen LogP contribution in [0.15, 0.2) is 0 Å². The lowest BCUT2D eigenvalue weighted by Crippen LogP contribution is -2.37. The summed E-state index contributed by atoms with van der Waals surface area (Å²) < 4.78 is 7.24. The Hall–Kier alpha value is -0.940. The molecule has 0 aromatic carbocycles. The molecule has 2 N–H and O–H groups in total. The molecule has 0 amide bonds. The Morgan fingerprint density at radius 2 is 2.19 bits per heavy atom. The zero-order chi connectivity index (χ0) is 11.5. The first-order valence-corrected chi connectivity index (χ1v) is 5.84. The number of aromatic nitrogens is 3. The number of methoxy groups -OCH3 is 1. The number of aryl methyl sites for hydroxylation is 1. The molecule has 1 aromatic rings. The summed E-state index contributed by atoms with van der Waals surface area (Å²) in [4.78, 5) is 0. The van der Waals surface area contributed by atoms with E-state index < -0.39 is 0 Å². The number of rotatable bonds is 5. The molecule has 0 aliphatic heterocycles. The Morgan fingerprint density at radius 3 is 2.81 bits per heavy atom. The maximum Gasteiger partial charge on any atom is 0.133 e. The molecular weight excluding hydrogens is 204 g/mol. The van der Waals surface area contributed by atoms with E-state index in [2.05, 4.69) is 14.8 Å². The lowest BCUT2D eigenvalue weighted by Gasteiger charge is -2.32. The minimum Gasteiger partial charge on any atom is -0.383 e. The Bertz CT molecular complexity index is 344. The highest BCUT2D eigenvalue weighted by molar-refractivity contribution is 4.98. The Balaban J connectivity index is 1.97. The van der Waals surface area contributed by atoms with Crippen LogP contribution in [0.1, 0.15) is 24.5 Å². The SMILES string of the molecule is COCCn1c(C)nnc1CC1CC(N)C1. The Labute approximate surface area is 96.0 Å². The first-order valence-electron chi connectivity index (χ1n) is 5.84. The fourth-order valence-electron chi connectivity index (χ4n) is 2.26. The third kappa shape index (κ3) is 2.41. The van der Waals surface area contributed by atoms with Gasteiger partial charge in [0, 0.05) is 26.1 Å². The van der Waals surface area contributed by atoms with Crippen LogP contribution in [0.2, 0.25) is 0 Å². The van der Waals surface area contributed by atoms with Crippen molar-refractivity contribution in [3.05, 3.63) is 11.6 Å². The molecule has 5 nitrogen and oxygen atoms in total. The van der Waals surface area contributed by atoms with Crippen molar-refractivity contribution >= 4 is 0 Å². The normalized spacial score (nSPS) is 24.4. The summed E-state index contributed by atoms with van der Waals surface area (Å²) in [5.41, 5.74) is 5.78. The van der Waals surface area contributed by atoms with Crippen LogP contribution in [0, 0.1) is 12.8 Å². The summed E-state index contributed by atoms with van der Waals surface area (Å²) in [7, 11) is 1.71. The van der Waals surface area contributed by atoms with Gasteiger partial charge in [-0.2, -0.15) is 0 Å². The molecule has 1 aliphatic carbocycles. The quantitative estimate of drug-likeness (QED) is 0.791. The van der Waals surface area contributed by atoms with Gasteiger partial charge in [0.15, 0.2) is 0 Å². The standard InChI is InChI=1S/C11H20N4O/c1-8-13-14-11(15(8)3-4-16-2)7-9-5-10(12)6-9/h9-10H,3-7,12H2,1-2H3. The van der Waals surface area contributed by atoms with Crippen molar-refractivity contribution in [2.45, 2.75) is 38.8 Å². The van der Waals surface area contributed by atoms with Crippen molar-refractivity contribution in [3.8, 4) is 0 Å². The molecule has 16 heavy (non-hydrogen) atoms. The van der Waals surface area contributed by atoms with Crippen molar-refractivity contribution in [2.24, 2.45) is 11.7 Å². The van der Waals surface area contributed by atoms with E-state index >= 15 is 0 Å². The average molecular weight is 224 g/mol. The van der Waals surface area contributed by atoms with Gasteiger partial charge in [-0.25, -0.2) is 0 Å². The molecule has 0 radical (unpaired) electrons. The zero-order valence-electron chi connectivity index (χ0n) is 10.0. The highest BCUT2D eigenvalue weighted by atomic mass is 16.5. The zero-order valence-corrected chi connectivity index (χ0v) is 10.0. The highest BCUT2D eigenvalue weighted by Gasteiger charge is 2.27. The average Bonchev–Trinajstić information content (AvgIpc) is 2.55. The lowest BCUT2D eigenvalue weighted by molar-refractivity contribution is 0.184. The van der Waals surface area contributed by atoms with Gasteiger partial charge in [-0.3, -0.25) is 0 Å². The van der Waals surface area contributed by atoms with Crippen LogP contribution < -0.4 is 5.73 Å². The van der Waals surface area contributed by atoms with Crippen LogP contribution >= 0.6 is 0 Å². The van der Waals surface area contributed by atoms with Gasteiger partial charge in [-0.05, 0) is 25.7 Å². The number of hydrogen-bond donors (Lipinski definition) is 1. The van der Waals surface area contributed by atoms with E-state index in [1.165, 1.54) is 0 Å². The monoisotopic (exact) mass is 224 g/mol. The van der Waals surface area contributed by atoms with E-state index in [4.69, 9.17) is 10.5 Å². The molecule has 0 saturated heterocycles. The van der Waals surface area contributed by atoms with E-state index in [0.717, 1.165) is 37.5 Å². The Morgan fingerprint density at radius 1 is 1.44 bits per heavy atom. The summed E-state index contributed by atoms with van der Waals surface area (Å²) in [6, 6.07) is 0.404. The second kappa shape index (κ2) is 4.93. The molecule has 0 spiro atoms. The fourth-order valence-corrected chi connectivity index (χ4v) is 2.26. The molecule has 90 valence electrons. The van der Waals surface area contributed by atoms with Crippen LogP contribution in [0.5, 0.6) is 0 Å². The molecule has 2 rings (SSSR count). The van der Waals surface area contributed by atoms with Crippen LogP contribution in [0.25, 0.3) is 0 Å². The van der Waals surface area contributed by atoms with Crippen LogP contribution in [-0.2, 0) is 17.7 Å². The van der Waals surface area contributed by atoms with Crippen molar-refractivity contribution in [1.82, 2.24) is 14.8 Å². The predicted molar refractivity (Wildman–Crippen MR) is 61.0 cm³/mol. The summed E-state index contributed by atoms with van der Waals surface area (Å²) in [6.45, 7) is 3.53. The van der Waals surface area contributed by atoms with Crippen molar-refractivity contribution in [2.75, 3.05) is 13.7 Å². The van der Waals surface area contributed by atoms with Gasteiger partial charge in [0.25, 0.3) is 0 Å². The molecule has 5 heteroatoms. The van der Waals surface area contributed by atoms with Gasteiger partial charge in [-0.15, -0.1) is 10.2 Å². The Kier molecular flexibility index (Phi) is 3.56. The minimum absolute atomic E-state index is 0.404. The molecule has 1 saturated carbocycles. The van der Waals surface area contributed by atoms with E-state index in [1.807, 2.05) is 6.92 Å². The van der Waals surface area contributed by atoms with Crippen LogP contribution in [-0.4, -0.2) is 34.5 Å². The summed E-state index contributed by atoms with van der Waals surface area (Å²) in [5.74, 6) is 2.74. The van der Waals surface area contributed by atoms with Gasteiger partial charge < -0.3 is 15.0 Å². The highest BCUT2D eigenvalue weighted by Crippen LogP contribution is 2.28. The van der Waals surface area contributed by atoms with E-state index in [9.17, 15) is 0 Å². The molecule has 0 unspecified atom stereocenters. The summed E-state index contributed by atoms with van der Waals surface area (Å²) in [6.07, 6.45) is 3.24. The van der Waals surface area contributed by atoms with Gasteiger partial charge in [-0.1, -0.05) is 0 Å². The first-order chi connectivity index (χ1) is 7.70. The minimum atomic E-state index is 0.404. The van der Waals surface area contributed by atoms with Crippen molar-refractivity contribution in [3.63, 3.8) is 0 Å². The van der Waals surface area contributed by atoms with Crippen molar-refractivity contribution < 1.29 is 4.74 Å². The maximum atomic E-state index is 5.78. The molecule has 1 aromatic heterocycles. The second-order valence-electron chi connectivity index (χ2n) is 4.61. The number of nitrogens with two attached hydrogens (primary N) is 1. The molecule has 1 heterocycles. The van der Waals surface area contributed by atoms with Crippen molar-refractivity contribution in [1.29, 1.82) is 0 Å². The third-order valence-electron chi connectivity index (χ3n) is 3.27. The number of hydrogen-bond acceptors (Lipinski definition) is 4. The van der Waals surface area contributed by atoms with Crippen LogP contribution in [0.3, 0.4) is 0 Å². The smallest absolute Gasteiger partial charge is 0.133 e. The van der Waals surface area contributed by atoms with Gasteiger partial charge >= 0.3 is 0 Å². The molecular formula is C11H20N4O. The fraction of sp³-hybridized carbons (Fsp3) is 0.818. The third-order valence-corrected chi connectivity index (χ3v) is 3.27. The number of nitrogens with zero attached hydrogens (tertiary/aromatic N) is 3. The number of ether oxygens (including phenoxy) is 1. The van der Waals surface area contributed by atoms with Gasteiger partial charge in [0.1, 0.15) is 11.6 Å². The van der Waals surface area contributed by atoms with E-state index in [-0.39, 0.29) is 0 Å². The van der Waals surface area contributed by atoms with Gasteiger partial charge in [0.05, 0.1) is 6.61 Å².